The number of nitrogens with one attached hydrogen (secondary N) is 2. The summed E-state index contributed by atoms with van der Waals surface area (Å²) in [5.41, 5.74) is 5.01. The van der Waals surface area contributed by atoms with Gasteiger partial charge in [0.2, 0.25) is 10.0 Å². The molecule has 2 N–H and O–H groups in total. The summed E-state index contributed by atoms with van der Waals surface area (Å²) >= 11 is 0. The summed E-state index contributed by atoms with van der Waals surface area (Å²) in [6, 6.07) is 10.9. The number of benzene rings is 1. The minimum Gasteiger partial charge on any atom is -0.352 e. The second-order valence-electron chi connectivity index (χ2n) is 6.43. The van der Waals surface area contributed by atoms with E-state index in [9.17, 15) is 13.2 Å². The van der Waals surface area contributed by atoms with Crippen LogP contribution in [0.1, 0.15) is 15.9 Å². The minimum absolute atomic E-state index is 0.0412. The van der Waals surface area contributed by atoms with Crippen LogP contribution in [-0.2, 0) is 16.4 Å². The van der Waals surface area contributed by atoms with Crippen LogP contribution in [0, 0.1) is 0 Å². The van der Waals surface area contributed by atoms with E-state index >= 15 is 0 Å². The molecular weight excluding hydrogens is 376 g/mol. The Labute approximate surface area is 162 Å². The van der Waals surface area contributed by atoms with E-state index < -0.39 is 10.0 Å². The average molecular weight is 394 g/mol. The molecule has 0 unspecified atom stereocenters. The number of pyridine rings is 2. The molecule has 3 aromatic rings. The predicted octanol–water partition coefficient (Wildman–Crippen LogP) is 2.00. The number of amides is 1. The molecule has 142 valence electrons. The molecule has 0 radical (unpaired) electrons. The summed E-state index contributed by atoms with van der Waals surface area (Å²) < 4.78 is 25.9. The molecule has 0 saturated carbocycles. The van der Waals surface area contributed by atoms with Crippen LogP contribution in [0.5, 0.6) is 0 Å². The second kappa shape index (κ2) is 7.14. The monoisotopic (exact) mass is 394 g/mol. The van der Waals surface area contributed by atoms with E-state index in [2.05, 4.69) is 20.0 Å². The van der Waals surface area contributed by atoms with Crippen molar-refractivity contribution in [3.8, 4) is 22.4 Å². The van der Waals surface area contributed by atoms with Gasteiger partial charge in [-0.15, -0.1) is 0 Å². The Morgan fingerprint density at radius 3 is 2.57 bits per heavy atom. The highest BCUT2D eigenvalue weighted by molar-refractivity contribution is 7.89. The first-order valence-electron chi connectivity index (χ1n) is 8.74. The lowest BCUT2D eigenvalue weighted by Gasteiger charge is -2.17. The lowest BCUT2D eigenvalue weighted by molar-refractivity contribution is 0.0946. The van der Waals surface area contributed by atoms with Crippen LogP contribution in [0.2, 0.25) is 0 Å². The number of carbonyl (C=O) groups excluding carboxylic acids is 1. The summed E-state index contributed by atoms with van der Waals surface area (Å²) in [6.07, 6.45) is 5.56. The van der Waals surface area contributed by atoms with Crippen LogP contribution in [0.4, 0.5) is 0 Å². The number of fused-ring (bicyclic) bond motifs is 1. The first-order valence-corrected chi connectivity index (χ1v) is 10.2. The lowest BCUT2D eigenvalue weighted by Crippen LogP contribution is -2.31. The molecule has 0 saturated heterocycles. The molecule has 1 amide bonds. The molecule has 1 aromatic carbocycles. The van der Waals surface area contributed by atoms with Crippen molar-refractivity contribution in [2.75, 3.05) is 13.6 Å². The first kappa shape index (κ1) is 18.3. The van der Waals surface area contributed by atoms with E-state index in [1.807, 2.05) is 24.3 Å². The Morgan fingerprint density at radius 1 is 1.00 bits per heavy atom. The molecule has 0 atom stereocenters. The van der Waals surface area contributed by atoms with Gasteiger partial charge in [0.15, 0.2) is 0 Å². The van der Waals surface area contributed by atoms with Crippen molar-refractivity contribution in [1.82, 2.24) is 20.0 Å². The number of rotatable bonds is 4. The number of carbonyl (C=O) groups is 1. The number of hydrogen-bond donors (Lipinski definition) is 2. The van der Waals surface area contributed by atoms with E-state index in [1.165, 1.54) is 19.3 Å². The third-order valence-corrected chi connectivity index (χ3v) is 6.11. The van der Waals surface area contributed by atoms with Crippen LogP contribution < -0.4 is 10.0 Å². The Morgan fingerprint density at radius 2 is 1.82 bits per heavy atom. The zero-order valence-electron chi connectivity index (χ0n) is 15.1. The van der Waals surface area contributed by atoms with Crippen molar-refractivity contribution in [3.05, 3.63) is 66.1 Å². The van der Waals surface area contributed by atoms with Gasteiger partial charge in [0.1, 0.15) is 4.90 Å². The molecule has 0 bridgehead atoms. The van der Waals surface area contributed by atoms with Gasteiger partial charge in [0.25, 0.3) is 5.91 Å². The summed E-state index contributed by atoms with van der Waals surface area (Å²) in [4.78, 5) is 20.6. The predicted molar refractivity (Wildman–Crippen MR) is 105 cm³/mol. The van der Waals surface area contributed by atoms with Crippen molar-refractivity contribution in [2.45, 2.75) is 11.3 Å². The normalized spacial score (nSPS) is 13.7. The fourth-order valence-corrected chi connectivity index (χ4v) is 3.85. The summed E-state index contributed by atoms with van der Waals surface area (Å²) in [7, 11) is -2.16. The van der Waals surface area contributed by atoms with Gasteiger partial charge in [-0.05, 0) is 48.9 Å². The number of sulfonamides is 1. The Hall–Kier alpha value is -3.10. The second-order valence-corrected chi connectivity index (χ2v) is 8.31. The van der Waals surface area contributed by atoms with Crippen LogP contribution in [0.3, 0.4) is 0 Å². The van der Waals surface area contributed by atoms with E-state index in [-0.39, 0.29) is 10.8 Å². The molecule has 7 nitrogen and oxygen atoms in total. The summed E-state index contributed by atoms with van der Waals surface area (Å²) in [5, 5.41) is 2.84. The van der Waals surface area contributed by atoms with Crippen LogP contribution >= 0.6 is 0 Å². The maximum Gasteiger partial charge on any atom is 0.251 e. The maximum atomic E-state index is 11.9. The molecule has 0 aliphatic carbocycles. The lowest BCUT2D eigenvalue weighted by atomic mass is 9.95. The average Bonchev–Trinajstić information content (AvgIpc) is 2.74. The third-order valence-electron chi connectivity index (χ3n) is 4.71. The van der Waals surface area contributed by atoms with E-state index in [4.69, 9.17) is 0 Å². The molecule has 4 rings (SSSR count). The molecule has 28 heavy (non-hydrogen) atoms. The minimum atomic E-state index is -3.52. The molecule has 1 aliphatic rings. The van der Waals surface area contributed by atoms with Gasteiger partial charge in [0.05, 0.1) is 5.69 Å². The van der Waals surface area contributed by atoms with Crippen molar-refractivity contribution >= 4 is 15.9 Å². The van der Waals surface area contributed by atoms with Gasteiger partial charge < -0.3 is 5.32 Å². The topological polar surface area (TPSA) is 101 Å². The van der Waals surface area contributed by atoms with E-state index in [0.717, 1.165) is 28.7 Å². The fourth-order valence-electron chi connectivity index (χ4n) is 3.17. The van der Waals surface area contributed by atoms with Crippen LogP contribution in [0.15, 0.2) is 59.9 Å². The third kappa shape index (κ3) is 3.39. The Bertz CT molecular complexity index is 1160. The zero-order valence-corrected chi connectivity index (χ0v) is 16.0. The van der Waals surface area contributed by atoms with Crippen molar-refractivity contribution in [3.63, 3.8) is 0 Å². The summed E-state index contributed by atoms with van der Waals surface area (Å²) in [6.45, 7) is 0.638. The Kier molecular flexibility index (Phi) is 4.66. The van der Waals surface area contributed by atoms with Crippen molar-refractivity contribution < 1.29 is 13.2 Å². The SMILES string of the molecule is CNS(=O)(=O)c1ccc(-c2cncc(-c3ccc4c(c3)CCNC4=O)c2)nc1. The molecule has 3 heterocycles. The van der Waals surface area contributed by atoms with Crippen molar-refractivity contribution in [2.24, 2.45) is 0 Å². The molecule has 1 aliphatic heterocycles. The maximum absolute atomic E-state index is 11.9. The first-order chi connectivity index (χ1) is 13.5. The molecular formula is C20H18N4O3S. The quantitative estimate of drug-likeness (QED) is 0.705. The molecule has 0 spiro atoms. The van der Waals surface area contributed by atoms with Gasteiger partial charge in [0, 0.05) is 41.8 Å². The molecule has 8 heteroatoms. The number of aromatic nitrogens is 2. The highest BCUT2D eigenvalue weighted by Gasteiger charge is 2.17. The van der Waals surface area contributed by atoms with E-state index in [1.54, 1.807) is 18.5 Å². The number of hydrogen-bond acceptors (Lipinski definition) is 5. The van der Waals surface area contributed by atoms with Gasteiger partial charge in [-0.1, -0.05) is 12.1 Å². The standard InChI is InChI=1S/C20H18N4O3S/c1-21-28(26,27)17-3-5-19(24-12-17)16-9-15(10-22-11-16)13-2-4-18-14(8-13)6-7-23-20(18)25/h2-5,8-12,21H,6-7H2,1H3,(H,23,25). The smallest absolute Gasteiger partial charge is 0.251 e. The van der Waals surface area contributed by atoms with E-state index in [0.29, 0.717) is 17.8 Å². The van der Waals surface area contributed by atoms with Gasteiger partial charge in [-0.25, -0.2) is 13.1 Å². The molecule has 2 aromatic heterocycles. The van der Waals surface area contributed by atoms with Crippen molar-refractivity contribution in [1.29, 1.82) is 0 Å². The highest BCUT2D eigenvalue weighted by atomic mass is 32.2. The van der Waals surface area contributed by atoms with Crippen LogP contribution in [-0.4, -0.2) is 37.9 Å². The summed E-state index contributed by atoms with van der Waals surface area (Å²) in [5.74, 6) is -0.0412. The molecule has 0 fully saturated rings. The van der Waals surface area contributed by atoms with Gasteiger partial charge in [-0.3, -0.25) is 14.8 Å². The Balaban J connectivity index is 1.68. The van der Waals surface area contributed by atoms with Gasteiger partial charge >= 0.3 is 0 Å². The highest BCUT2D eigenvalue weighted by Crippen LogP contribution is 2.27. The zero-order chi connectivity index (χ0) is 19.7. The van der Waals surface area contributed by atoms with Crippen LogP contribution in [0.25, 0.3) is 22.4 Å². The largest absolute Gasteiger partial charge is 0.352 e. The van der Waals surface area contributed by atoms with Gasteiger partial charge in [-0.2, -0.15) is 0 Å². The number of nitrogens with zero attached hydrogens (tertiary/aromatic N) is 2. The fraction of sp³-hybridized carbons (Fsp3) is 0.150.